The van der Waals surface area contributed by atoms with Crippen LogP contribution in [0.3, 0.4) is 0 Å². The molecule has 0 bridgehead atoms. The molecule has 2 aromatic heterocycles. The first kappa shape index (κ1) is 13.2. The van der Waals surface area contributed by atoms with E-state index in [1.807, 2.05) is 41.5 Å². The smallest absolute Gasteiger partial charge is 0.272 e. The molecular weight excluding hydrogens is 250 g/mol. The van der Waals surface area contributed by atoms with Crippen molar-refractivity contribution in [2.24, 2.45) is 0 Å². The predicted molar refractivity (Wildman–Crippen MR) is 79.0 cm³/mol. The topological polar surface area (TPSA) is 37.6 Å². The maximum absolute atomic E-state index is 12.8. The van der Waals surface area contributed by atoms with Crippen molar-refractivity contribution in [1.82, 2.24) is 14.3 Å². The van der Waals surface area contributed by atoms with E-state index in [1.165, 1.54) is 12.8 Å². The summed E-state index contributed by atoms with van der Waals surface area (Å²) in [6.07, 6.45) is 6.62. The first-order valence-electron chi connectivity index (χ1n) is 7.42. The number of likely N-dealkylation sites (tertiary alicyclic amines) is 1. The van der Waals surface area contributed by atoms with Crippen LogP contribution >= 0.6 is 0 Å². The molecule has 1 aliphatic heterocycles. The molecule has 0 saturated carbocycles. The zero-order valence-electron chi connectivity index (χ0n) is 12.2. The fourth-order valence-corrected chi connectivity index (χ4v) is 3.00. The first-order chi connectivity index (χ1) is 9.68. The molecule has 106 valence electrons. The van der Waals surface area contributed by atoms with Gasteiger partial charge >= 0.3 is 0 Å². The van der Waals surface area contributed by atoms with Gasteiger partial charge in [0.2, 0.25) is 0 Å². The summed E-state index contributed by atoms with van der Waals surface area (Å²) in [7, 11) is 0. The van der Waals surface area contributed by atoms with Crippen LogP contribution in [0.1, 0.15) is 47.4 Å². The lowest BCUT2D eigenvalue weighted by molar-refractivity contribution is 0.0754. The molecule has 0 atom stereocenters. The van der Waals surface area contributed by atoms with E-state index in [2.05, 4.69) is 4.98 Å². The number of pyridine rings is 1. The van der Waals surface area contributed by atoms with Gasteiger partial charge in [-0.25, -0.2) is 4.98 Å². The van der Waals surface area contributed by atoms with Crippen LogP contribution in [-0.2, 0) is 0 Å². The van der Waals surface area contributed by atoms with Gasteiger partial charge in [0.25, 0.3) is 5.91 Å². The van der Waals surface area contributed by atoms with E-state index in [9.17, 15) is 4.79 Å². The van der Waals surface area contributed by atoms with E-state index in [4.69, 9.17) is 0 Å². The minimum absolute atomic E-state index is 0.127. The Bertz CT molecular complexity index is 636. The molecule has 4 heteroatoms. The molecule has 0 aromatic carbocycles. The van der Waals surface area contributed by atoms with Crippen molar-refractivity contribution in [2.75, 3.05) is 13.1 Å². The highest BCUT2D eigenvalue weighted by molar-refractivity contribution is 5.94. The van der Waals surface area contributed by atoms with Crippen LogP contribution in [0.5, 0.6) is 0 Å². The van der Waals surface area contributed by atoms with E-state index in [-0.39, 0.29) is 5.91 Å². The number of carbonyl (C=O) groups excluding carboxylic acids is 1. The molecule has 1 saturated heterocycles. The maximum Gasteiger partial charge on any atom is 0.272 e. The summed E-state index contributed by atoms with van der Waals surface area (Å²) in [5.41, 5.74) is 3.55. The fourth-order valence-electron chi connectivity index (χ4n) is 3.00. The molecule has 1 amide bonds. The van der Waals surface area contributed by atoms with Crippen molar-refractivity contribution in [3.8, 4) is 0 Å². The molecule has 4 nitrogen and oxygen atoms in total. The van der Waals surface area contributed by atoms with Gasteiger partial charge in [0.15, 0.2) is 0 Å². The van der Waals surface area contributed by atoms with Gasteiger partial charge < -0.3 is 4.90 Å². The zero-order valence-corrected chi connectivity index (χ0v) is 12.2. The minimum atomic E-state index is 0.127. The molecule has 1 fully saturated rings. The van der Waals surface area contributed by atoms with Crippen molar-refractivity contribution in [1.29, 1.82) is 0 Å². The van der Waals surface area contributed by atoms with Gasteiger partial charge in [-0.05, 0) is 38.3 Å². The standard InChI is InChI=1S/C16H21N3O/c1-12-8-7-11-19-14(13(2)17-15(12)19)16(20)18-9-5-3-4-6-10-18/h7-8,11H,3-6,9-10H2,1-2H3. The Labute approximate surface area is 119 Å². The molecule has 3 heterocycles. The molecule has 3 rings (SSSR count). The molecule has 0 aliphatic carbocycles. The number of hydrogen-bond acceptors (Lipinski definition) is 2. The number of nitrogens with zero attached hydrogens (tertiary/aromatic N) is 3. The quantitative estimate of drug-likeness (QED) is 0.799. The highest BCUT2D eigenvalue weighted by Gasteiger charge is 2.23. The Morgan fingerprint density at radius 1 is 1.15 bits per heavy atom. The largest absolute Gasteiger partial charge is 0.337 e. The van der Waals surface area contributed by atoms with Gasteiger partial charge in [-0.1, -0.05) is 18.9 Å². The second-order valence-corrected chi connectivity index (χ2v) is 5.64. The third-order valence-corrected chi connectivity index (χ3v) is 4.12. The molecule has 0 radical (unpaired) electrons. The second-order valence-electron chi connectivity index (χ2n) is 5.64. The number of imidazole rings is 1. The summed E-state index contributed by atoms with van der Waals surface area (Å²) in [6.45, 7) is 5.70. The van der Waals surface area contributed by atoms with Gasteiger partial charge in [0, 0.05) is 19.3 Å². The molecule has 20 heavy (non-hydrogen) atoms. The lowest BCUT2D eigenvalue weighted by Crippen LogP contribution is -2.33. The summed E-state index contributed by atoms with van der Waals surface area (Å²) in [4.78, 5) is 19.4. The van der Waals surface area contributed by atoms with Crippen LogP contribution in [0.4, 0.5) is 0 Å². The van der Waals surface area contributed by atoms with E-state index >= 15 is 0 Å². The van der Waals surface area contributed by atoms with Gasteiger partial charge in [0.05, 0.1) is 5.69 Å². The normalized spacial score (nSPS) is 16.4. The van der Waals surface area contributed by atoms with E-state index in [1.54, 1.807) is 0 Å². The van der Waals surface area contributed by atoms with Crippen LogP contribution in [0, 0.1) is 13.8 Å². The van der Waals surface area contributed by atoms with E-state index in [0.29, 0.717) is 0 Å². The molecule has 1 aliphatic rings. The van der Waals surface area contributed by atoms with E-state index in [0.717, 1.165) is 48.5 Å². The molecular formula is C16H21N3O. The van der Waals surface area contributed by atoms with Crippen molar-refractivity contribution < 1.29 is 4.79 Å². The average Bonchev–Trinajstić information content (AvgIpc) is 2.64. The summed E-state index contributed by atoms with van der Waals surface area (Å²) in [5, 5.41) is 0. The number of rotatable bonds is 1. The average molecular weight is 271 g/mol. The SMILES string of the molecule is Cc1nc2c(C)cccn2c1C(=O)N1CCCCCC1. The number of aryl methyl sites for hydroxylation is 2. The number of amides is 1. The van der Waals surface area contributed by atoms with Crippen molar-refractivity contribution in [3.63, 3.8) is 0 Å². The molecule has 0 N–H and O–H groups in total. The zero-order chi connectivity index (χ0) is 14.1. The lowest BCUT2D eigenvalue weighted by Gasteiger charge is -2.20. The fraction of sp³-hybridized carbons (Fsp3) is 0.500. The van der Waals surface area contributed by atoms with Crippen molar-refractivity contribution in [2.45, 2.75) is 39.5 Å². The Hall–Kier alpha value is -1.84. The number of hydrogen-bond donors (Lipinski definition) is 0. The summed E-state index contributed by atoms with van der Waals surface area (Å²) >= 11 is 0. The predicted octanol–water partition coefficient (Wildman–Crippen LogP) is 2.97. The van der Waals surface area contributed by atoms with Gasteiger partial charge in [-0.15, -0.1) is 0 Å². The Kier molecular flexibility index (Phi) is 3.47. The Morgan fingerprint density at radius 3 is 2.55 bits per heavy atom. The number of fused-ring (bicyclic) bond motifs is 1. The summed E-state index contributed by atoms with van der Waals surface area (Å²) < 4.78 is 1.94. The lowest BCUT2D eigenvalue weighted by atomic mass is 10.2. The van der Waals surface area contributed by atoms with Crippen LogP contribution in [0.2, 0.25) is 0 Å². The molecule has 2 aromatic rings. The van der Waals surface area contributed by atoms with Gasteiger partial charge in [0.1, 0.15) is 11.3 Å². The van der Waals surface area contributed by atoms with Gasteiger partial charge in [-0.2, -0.15) is 0 Å². The molecule has 0 unspecified atom stereocenters. The van der Waals surface area contributed by atoms with Crippen LogP contribution in [0.25, 0.3) is 5.65 Å². The Morgan fingerprint density at radius 2 is 1.85 bits per heavy atom. The maximum atomic E-state index is 12.8. The summed E-state index contributed by atoms with van der Waals surface area (Å²) in [6, 6.07) is 4.00. The van der Waals surface area contributed by atoms with Crippen LogP contribution < -0.4 is 0 Å². The second kappa shape index (κ2) is 5.27. The first-order valence-corrected chi connectivity index (χ1v) is 7.42. The van der Waals surface area contributed by atoms with Crippen molar-refractivity contribution >= 4 is 11.6 Å². The summed E-state index contributed by atoms with van der Waals surface area (Å²) in [5.74, 6) is 0.127. The Balaban J connectivity index is 2.02. The minimum Gasteiger partial charge on any atom is -0.337 e. The highest BCUT2D eigenvalue weighted by atomic mass is 16.2. The van der Waals surface area contributed by atoms with E-state index < -0.39 is 0 Å². The third kappa shape index (κ3) is 2.19. The highest BCUT2D eigenvalue weighted by Crippen LogP contribution is 2.19. The third-order valence-electron chi connectivity index (χ3n) is 4.12. The number of aromatic nitrogens is 2. The van der Waals surface area contributed by atoms with Crippen LogP contribution in [0.15, 0.2) is 18.3 Å². The number of carbonyl (C=O) groups is 1. The van der Waals surface area contributed by atoms with Crippen molar-refractivity contribution in [3.05, 3.63) is 35.3 Å². The van der Waals surface area contributed by atoms with Crippen LogP contribution in [-0.4, -0.2) is 33.3 Å². The molecule has 0 spiro atoms. The monoisotopic (exact) mass is 271 g/mol. The van der Waals surface area contributed by atoms with Gasteiger partial charge in [-0.3, -0.25) is 9.20 Å².